The van der Waals surface area contributed by atoms with Crippen molar-refractivity contribution < 1.29 is 14.7 Å². The molecule has 3 heterocycles. The standard InChI is InChI=1S/C19H27N3O3/c1-13-5-7-21(8-6-13)17-4-3-15(10-20-17)18(23)22-11-14(2)9-16(12-22)19(24)25/h3-4,10,13-14,16H,5-9,11-12H2,1-2H3,(H,24,25). The summed E-state index contributed by atoms with van der Waals surface area (Å²) in [5.74, 6) is 0.456. The van der Waals surface area contributed by atoms with Crippen LogP contribution in [0, 0.1) is 17.8 Å². The lowest BCUT2D eigenvalue weighted by atomic mass is 9.90. The Morgan fingerprint density at radius 3 is 2.44 bits per heavy atom. The molecule has 3 rings (SSSR count). The second-order valence-electron chi connectivity index (χ2n) is 7.66. The van der Waals surface area contributed by atoms with Gasteiger partial charge in [-0.05, 0) is 43.2 Å². The largest absolute Gasteiger partial charge is 0.481 e. The Bertz CT molecular complexity index is 623. The zero-order valence-corrected chi connectivity index (χ0v) is 15.0. The van der Waals surface area contributed by atoms with Gasteiger partial charge in [0.05, 0.1) is 11.5 Å². The van der Waals surface area contributed by atoms with Gasteiger partial charge in [0.2, 0.25) is 0 Å². The number of carbonyl (C=O) groups excluding carboxylic acids is 1. The third-order valence-electron chi connectivity index (χ3n) is 5.40. The van der Waals surface area contributed by atoms with Crippen molar-refractivity contribution in [2.24, 2.45) is 17.8 Å². The molecule has 0 spiro atoms. The average molecular weight is 345 g/mol. The highest BCUT2D eigenvalue weighted by molar-refractivity contribution is 5.94. The number of carbonyl (C=O) groups is 2. The number of pyridine rings is 1. The van der Waals surface area contributed by atoms with Crippen molar-refractivity contribution in [1.29, 1.82) is 0 Å². The molecule has 1 aromatic rings. The van der Waals surface area contributed by atoms with E-state index in [0.29, 0.717) is 18.5 Å². The van der Waals surface area contributed by atoms with E-state index in [0.717, 1.165) is 24.8 Å². The molecule has 2 aliphatic rings. The van der Waals surface area contributed by atoms with Gasteiger partial charge in [0.15, 0.2) is 0 Å². The van der Waals surface area contributed by atoms with E-state index >= 15 is 0 Å². The molecule has 0 radical (unpaired) electrons. The van der Waals surface area contributed by atoms with Crippen LogP contribution in [-0.4, -0.2) is 53.0 Å². The highest BCUT2D eigenvalue weighted by Gasteiger charge is 2.32. The molecule has 0 saturated carbocycles. The minimum absolute atomic E-state index is 0.121. The number of hydrogen-bond acceptors (Lipinski definition) is 4. The normalized spacial score (nSPS) is 25.0. The fourth-order valence-electron chi connectivity index (χ4n) is 3.82. The average Bonchev–Trinajstić information content (AvgIpc) is 2.61. The van der Waals surface area contributed by atoms with Gasteiger partial charge >= 0.3 is 5.97 Å². The maximum atomic E-state index is 12.7. The number of amides is 1. The smallest absolute Gasteiger partial charge is 0.308 e. The molecule has 2 aliphatic heterocycles. The molecule has 2 unspecified atom stereocenters. The highest BCUT2D eigenvalue weighted by Crippen LogP contribution is 2.24. The van der Waals surface area contributed by atoms with Crippen molar-refractivity contribution in [2.45, 2.75) is 33.1 Å². The van der Waals surface area contributed by atoms with E-state index in [-0.39, 0.29) is 18.4 Å². The van der Waals surface area contributed by atoms with Crippen molar-refractivity contribution in [3.05, 3.63) is 23.9 Å². The highest BCUT2D eigenvalue weighted by atomic mass is 16.4. The molecule has 6 heteroatoms. The minimum atomic E-state index is -0.822. The van der Waals surface area contributed by atoms with Crippen molar-refractivity contribution in [3.8, 4) is 0 Å². The quantitative estimate of drug-likeness (QED) is 0.911. The van der Waals surface area contributed by atoms with Gasteiger partial charge in [-0.3, -0.25) is 9.59 Å². The summed E-state index contributed by atoms with van der Waals surface area (Å²) in [6.45, 7) is 7.17. The van der Waals surface area contributed by atoms with Gasteiger partial charge in [-0.25, -0.2) is 4.98 Å². The molecule has 6 nitrogen and oxygen atoms in total. The molecule has 2 saturated heterocycles. The van der Waals surface area contributed by atoms with Gasteiger partial charge in [0, 0.05) is 32.4 Å². The fourth-order valence-corrected chi connectivity index (χ4v) is 3.82. The zero-order valence-electron chi connectivity index (χ0n) is 15.0. The van der Waals surface area contributed by atoms with E-state index in [1.54, 1.807) is 11.1 Å². The Kier molecular flexibility index (Phi) is 5.25. The second kappa shape index (κ2) is 7.42. The second-order valence-corrected chi connectivity index (χ2v) is 7.66. The molecule has 0 aliphatic carbocycles. The number of carboxylic acids is 1. The molecule has 1 amide bonds. The van der Waals surface area contributed by atoms with Gasteiger partial charge in [0.1, 0.15) is 5.82 Å². The summed E-state index contributed by atoms with van der Waals surface area (Å²) in [7, 11) is 0. The van der Waals surface area contributed by atoms with Gasteiger partial charge in [-0.15, -0.1) is 0 Å². The molecule has 2 atom stereocenters. The summed E-state index contributed by atoms with van der Waals surface area (Å²) >= 11 is 0. The lowest BCUT2D eigenvalue weighted by Gasteiger charge is -2.35. The first-order valence-electron chi connectivity index (χ1n) is 9.17. The van der Waals surface area contributed by atoms with Crippen LogP contribution in [0.2, 0.25) is 0 Å². The van der Waals surface area contributed by atoms with Gasteiger partial charge in [0.25, 0.3) is 5.91 Å². The Morgan fingerprint density at radius 2 is 1.84 bits per heavy atom. The van der Waals surface area contributed by atoms with Crippen LogP contribution in [0.3, 0.4) is 0 Å². The van der Waals surface area contributed by atoms with Crippen molar-refractivity contribution in [3.63, 3.8) is 0 Å². The molecule has 0 aromatic carbocycles. The summed E-state index contributed by atoms with van der Waals surface area (Å²) in [5.41, 5.74) is 0.535. The van der Waals surface area contributed by atoms with E-state index in [1.807, 2.05) is 19.1 Å². The lowest BCUT2D eigenvalue weighted by molar-refractivity contribution is -0.143. The zero-order chi connectivity index (χ0) is 18.0. The van der Waals surface area contributed by atoms with Crippen LogP contribution in [0.15, 0.2) is 18.3 Å². The van der Waals surface area contributed by atoms with Crippen LogP contribution in [-0.2, 0) is 4.79 Å². The predicted molar refractivity (Wildman–Crippen MR) is 95.7 cm³/mol. The summed E-state index contributed by atoms with van der Waals surface area (Å²) in [5, 5.41) is 9.27. The monoisotopic (exact) mass is 345 g/mol. The first kappa shape index (κ1) is 17.7. The third-order valence-corrected chi connectivity index (χ3v) is 5.40. The first-order chi connectivity index (χ1) is 11.9. The van der Waals surface area contributed by atoms with E-state index < -0.39 is 11.9 Å². The number of rotatable bonds is 3. The summed E-state index contributed by atoms with van der Waals surface area (Å²) in [4.78, 5) is 32.4. The number of nitrogens with zero attached hydrogens (tertiary/aromatic N) is 3. The maximum absolute atomic E-state index is 12.7. The maximum Gasteiger partial charge on any atom is 0.308 e. The molecule has 25 heavy (non-hydrogen) atoms. The Hall–Kier alpha value is -2.11. The molecule has 136 valence electrons. The minimum Gasteiger partial charge on any atom is -0.481 e. The summed E-state index contributed by atoms with van der Waals surface area (Å²) in [6, 6.07) is 3.73. The van der Waals surface area contributed by atoms with Crippen LogP contribution in [0.25, 0.3) is 0 Å². The molecule has 2 fully saturated rings. The Balaban J connectivity index is 1.67. The number of aliphatic carboxylic acids is 1. The molecular formula is C19H27N3O3. The number of hydrogen-bond donors (Lipinski definition) is 1. The van der Waals surface area contributed by atoms with E-state index in [2.05, 4.69) is 16.8 Å². The van der Waals surface area contributed by atoms with Crippen molar-refractivity contribution in [2.75, 3.05) is 31.1 Å². The Labute approximate surface area is 148 Å². The van der Waals surface area contributed by atoms with Gasteiger partial charge in [-0.2, -0.15) is 0 Å². The number of anilines is 1. The van der Waals surface area contributed by atoms with Crippen molar-refractivity contribution >= 4 is 17.7 Å². The van der Waals surface area contributed by atoms with Crippen molar-refractivity contribution in [1.82, 2.24) is 9.88 Å². The molecule has 0 bridgehead atoms. The van der Waals surface area contributed by atoms with E-state index in [1.165, 1.54) is 12.8 Å². The van der Waals surface area contributed by atoms with Crippen LogP contribution in [0.5, 0.6) is 0 Å². The SMILES string of the molecule is CC1CCN(c2ccc(C(=O)N3CC(C)CC(C(=O)O)C3)cn2)CC1. The lowest BCUT2D eigenvalue weighted by Crippen LogP contribution is -2.45. The van der Waals surface area contributed by atoms with E-state index in [9.17, 15) is 14.7 Å². The number of carboxylic acid groups (broad SMARTS) is 1. The predicted octanol–water partition coefficient (Wildman–Crippen LogP) is 2.50. The fraction of sp³-hybridized carbons (Fsp3) is 0.632. The Morgan fingerprint density at radius 1 is 1.12 bits per heavy atom. The third kappa shape index (κ3) is 4.11. The van der Waals surface area contributed by atoms with Gasteiger partial charge < -0.3 is 14.9 Å². The van der Waals surface area contributed by atoms with Crippen LogP contribution in [0.4, 0.5) is 5.82 Å². The van der Waals surface area contributed by atoms with Crippen LogP contribution >= 0.6 is 0 Å². The molecule has 1 aromatic heterocycles. The summed E-state index contributed by atoms with van der Waals surface area (Å²) in [6.07, 6.45) is 4.60. The summed E-state index contributed by atoms with van der Waals surface area (Å²) < 4.78 is 0. The molecular weight excluding hydrogens is 318 g/mol. The number of piperidine rings is 2. The topological polar surface area (TPSA) is 73.7 Å². The molecule has 1 N–H and O–H groups in total. The van der Waals surface area contributed by atoms with Crippen LogP contribution in [0.1, 0.15) is 43.5 Å². The van der Waals surface area contributed by atoms with Gasteiger partial charge in [-0.1, -0.05) is 13.8 Å². The van der Waals surface area contributed by atoms with E-state index in [4.69, 9.17) is 0 Å². The number of likely N-dealkylation sites (tertiary alicyclic amines) is 1. The number of aromatic nitrogens is 1. The van der Waals surface area contributed by atoms with Crippen LogP contribution < -0.4 is 4.90 Å². The first-order valence-corrected chi connectivity index (χ1v) is 9.17.